The predicted octanol–water partition coefficient (Wildman–Crippen LogP) is 2.55. The van der Waals surface area contributed by atoms with Crippen molar-refractivity contribution in [3.8, 4) is 11.5 Å². The summed E-state index contributed by atoms with van der Waals surface area (Å²) in [5.41, 5.74) is 1.18. The van der Waals surface area contributed by atoms with Gasteiger partial charge < -0.3 is 19.4 Å². The number of ether oxygens (including phenoxy) is 2. The van der Waals surface area contributed by atoms with Crippen molar-refractivity contribution in [2.75, 3.05) is 13.3 Å². The molecule has 0 radical (unpaired) electrons. The van der Waals surface area contributed by atoms with Crippen LogP contribution in [0, 0.1) is 0 Å². The van der Waals surface area contributed by atoms with Gasteiger partial charge in [0.1, 0.15) is 0 Å². The second-order valence-electron chi connectivity index (χ2n) is 4.64. The number of aryl methyl sites for hydroxylation is 1. The Labute approximate surface area is 126 Å². The molecule has 1 aliphatic rings. The first-order valence-electron chi connectivity index (χ1n) is 6.57. The van der Waals surface area contributed by atoms with Crippen molar-refractivity contribution in [3.05, 3.63) is 40.9 Å². The Balaban J connectivity index is 1.46. The van der Waals surface area contributed by atoms with E-state index in [9.17, 15) is 0 Å². The van der Waals surface area contributed by atoms with E-state index in [1.54, 1.807) is 6.20 Å². The molecule has 0 fully saturated rings. The Bertz CT molecular complexity index is 572. The lowest BCUT2D eigenvalue weighted by Crippen LogP contribution is -2.16. The largest absolute Gasteiger partial charge is 0.454 e. The topological polar surface area (TPSA) is 48.3 Å². The molecule has 0 amide bonds. The van der Waals surface area contributed by atoms with Crippen LogP contribution >= 0.6 is 15.9 Å². The van der Waals surface area contributed by atoms with Crippen LogP contribution in [0.2, 0.25) is 0 Å². The molecule has 20 heavy (non-hydrogen) atoms. The second-order valence-corrected chi connectivity index (χ2v) is 5.50. The fourth-order valence-electron chi connectivity index (χ4n) is 2.16. The van der Waals surface area contributed by atoms with Gasteiger partial charge in [-0.05, 0) is 46.6 Å². The third-order valence-electron chi connectivity index (χ3n) is 3.15. The monoisotopic (exact) mass is 337 g/mol. The summed E-state index contributed by atoms with van der Waals surface area (Å²) >= 11 is 3.50. The van der Waals surface area contributed by atoms with Gasteiger partial charge in [-0.15, -0.1) is 0 Å². The van der Waals surface area contributed by atoms with Crippen molar-refractivity contribution in [2.24, 2.45) is 0 Å². The molecule has 6 heteroatoms. The van der Waals surface area contributed by atoms with Crippen molar-refractivity contribution >= 4 is 15.9 Å². The number of benzene rings is 1. The van der Waals surface area contributed by atoms with Crippen LogP contribution in [0.1, 0.15) is 12.0 Å². The molecule has 1 aromatic carbocycles. The van der Waals surface area contributed by atoms with Crippen LogP contribution < -0.4 is 14.8 Å². The quantitative estimate of drug-likeness (QED) is 0.823. The smallest absolute Gasteiger partial charge is 0.231 e. The Morgan fingerprint density at radius 1 is 1.35 bits per heavy atom. The van der Waals surface area contributed by atoms with Crippen molar-refractivity contribution < 1.29 is 9.47 Å². The minimum atomic E-state index is 0.301. The van der Waals surface area contributed by atoms with E-state index in [1.165, 1.54) is 5.56 Å². The summed E-state index contributed by atoms with van der Waals surface area (Å²) < 4.78 is 13.8. The summed E-state index contributed by atoms with van der Waals surface area (Å²) in [4.78, 5) is 4.02. The minimum Gasteiger partial charge on any atom is -0.454 e. The highest BCUT2D eigenvalue weighted by Gasteiger charge is 2.17. The van der Waals surface area contributed by atoms with E-state index in [4.69, 9.17) is 9.47 Å². The summed E-state index contributed by atoms with van der Waals surface area (Å²) in [5.74, 6) is 1.61. The number of nitrogens with one attached hydrogen (secondary N) is 1. The van der Waals surface area contributed by atoms with Crippen molar-refractivity contribution in [3.63, 3.8) is 0 Å². The van der Waals surface area contributed by atoms with Crippen LogP contribution in [-0.4, -0.2) is 22.9 Å². The first-order valence-corrected chi connectivity index (χ1v) is 7.37. The zero-order valence-electron chi connectivity index (χ0n) is 11.0. The lowest BCUT2D eigenvalue weighted by molar-refractivity contribution is 0.173. The SMILES string of the molecule is Brc1cc(CNCCCn2ccnc2)cc2c1OCO2. The van der Waals surface area contributed by atoms with Crippen LogP contribution in [-0.2, 0) is 13.1 Å². The first kappa shape index (κ1) is 13.5. The van der Waals surface area contributed by atoms with E-state index in [0.717, 1.165) is 42.0 Å². The molecule has 1 N–H and O–H groups in total. The van der Waals surface area contributed by atoms with Crippen LogP contribution in [0.15, 0.2) is 35.3 Å². The molecule has 106 valence electrons. The van der Waals surface area contributed by atoms with E-state index >= 15 is 0 Å². The third-order valence-corrected chi connectivity index (χ3v) is 3.73. The molecule has 2 heterocycles. The molecule has 0 saturated heterocycles. The second kappa shape index (κ2) is 6.28. The lowest BCUT2D eigenvalue weighted by atomic mass is 10.2. The molecule has 1 aliphatic heterocycles. The number of halogens is 1. The molecule has 5 nitrogen and oxygen atoms in total. The molecule has 0 unspecified atom stereocenters. The van der Waals surface area contributed by atoms with Crippen LogP contribution in [0.4, 0.5) is 0 Å². The summed E-state index contributed by atoms with van der Waals surface area (Å²) in [6, 6.07) is 4.09. The van der Waals surface area contributed by atoms with E-state index in [0.29, 0.717) is 6.79 Å². The van der Waals surface area contributed by atoms with Crippen molar-refractivity contribution in [1.82, 2.24) is 14.9 Å². The summed E-state index contributed by atoms with van der Waals surface area (Å²) in [6.45, 7) is 3.07. The average Bonchev–Trinajstić information content (AvgIpc) is 3.08. The highest BCUT2D eigenvalue weighted by molar-refractivity contribution is 9.10. The first-order chi connectivity index (χ1) is 9.83. The number of hydrogen-bond acceptors (Lipinski definition) is 4. The number of nitrogens with zero attached hydrogens (tertiary/aromatic N) is 2. The predicted molar refractivity (Wildman–Crippen MR) is 78.8 cm³/mol. The van der Waals surface area contributed by atoms with Gasteiger partial charge >= 0.3 is 0 Å². The molecular formula is C14H16BrN3O2. The number of aromatic nitrogens is 2. The zero-order chi connectivity index (χ0) is 13.8. The van der Waals surface area contributed by atoms with Crippen LogP contribution in [0.3, 0.4) is 0 Å². The number of hydrogen-bond donors (Lipinski definition) is 1. The number of imidazole rings is 1. The van der Waals surface area contributed by atoms with E-state index in [-0.39, 0.29) is 0 Å². The molecule has 0 aliphatic carbocycles. The molecule has 0 bridgehead atoms. The van der Waals surface area contributed by atoms with Gasteiger partial charge in [0.2, 0.25) is 6.79 Å². The Hall–Kier alpha value is -1.53. The molecule has 0 atom stereocenters. The maximum Gasteiger partial charge on any atom is 0.231 e. The normalized spacial score (nSPS) is 12.8. The van der Waals surface area contributed by atoms with Gasteiger partial charge in [-0.2, -0.15) is 0 Å². The Morgan fingerprint density at radius 3 is 3.15 bits per heavy atom. The summed E-state index contributed by atoms with van der Waals surface area (Å²) in [6.07, 6.45) is 6.70. The Kier molecular flexibility index (Phi) is 4.22. The van der Waals surface area contributed by atoms with Crippen molar-refractivity contribution in [1.29, 1.82) is 0 Å². The molecule has 0 saturated carbocycles. The molecule has 2 aromatic rings. The van der Waals surface area contributed by atoms with Gasteiger partial charge in [-0.3, -0.25) is 0 Å². The highest BCUT2D eigenvalue weighted by atomic mass is 79.9. The average molecular weight is 338 g/mol. The van der Waals surface area contributed by atoms with Gasteiger partial charge in [-0.25, -0.2) is 4.98 Å². The summed E-state index contributed by atoms with van der Waals surface area (Å²) in [5, 5.41) is 3.43. The lowest BCUT2D eigenvalue weighted by Gasteiger charge is -2.07. The third kappa shape index (κ3) is 3.13. The molecule has 0 spiro atoms. The minimum absolute atomic E-state index is 0.301. The fourth-order valence-corrected chi connectivity index (χ4v) is 2.77. The fraction of sp³-hybridized carbons (Fsp3) is 0.357. The van der Waals surface area contributed by atoms with Crippen molar-refractivity contribution in [2.45, 2.75) is 19.5 Å². The molecule has 3 rings (SSSR count). The number of fused-ring (bicyclic) bond motifs is 1. The molecular weight excluding hydrogens is 322 g/mol. The molecule has 1 aromatic heterocycles. The number of rotatable bonds is 6. The van der Waals surface area contributed by atoms with E-state index in [1.807, 2.05) is 18.6 Å². The van der Waals surface area contributed by atoms with Gasteiger partial charge in [0, 0.05) is 25.5 Å². The Morgan fingerprint density at radius 2 is 2.30 bits per heavy atom. The van der Waals surface area contributed by atoms with Gasteiger partial charge in [0.05, 0.1) is 10.8 Å². The highest BCUT2D eigenvalue weighted by Crippen LogP contribution is 2.39. The van der Waals surface area contributed by atoms with E-state index < -0.39 is 0 Å². The standard InChI is InChI=1S/C14H16BrN3O2/c15-12-6-11(7-13-14(12)20-10-19-13)8-16-2-1-4-18-5-3-17-9-18/h3,5-7,9,16H,1-2,4,8,10H2. The maximum absolute atomic E-state index is 5.41. The van der Waals surface area contributed by atoms with Gasteiger partial charge in [0.15, 0.2) is 11.5 Å². The van der Waals surface area contributed by atoms with E-state index in [2.05, 4.69) is 36.9 Å². The van der Waals surface area contributed by atoms with Gasteiger partial charge in [0.25, 0.3) is 0 Å². The zero-order valence-corrected chi connectivity index (χ0v) is 12.6. The van der Waals surface area contributed by atoms with Gasteiger partial charge in [-0.1, -0.05) is 0 Å². The van der Waals surface area contributed by atoms with Crippen LogP contribution in [0.5, 0.6) is 11.5 Å². The maximum atomic E-state index is 5.41. The summed E-state index contributed by atoms with van der Waals surface area (Å²) in [7, 11) is 0. The van der Waals surface area contributed by atoms with Crippen LogP contribution in [0.25, 0.3) is 0 Å².